The molecular formula is C11H15Cl2NO2. The zero-order chi connectivity index (χ0) is 12.0. The van der Waals surface area contributed by atoms with Gasteiger partial charge < -0.3 is 15.2 Å². The van der Waals surface area contributed by atoms with Gasteiger partial charge in [0, 0.05) is 11.6 Å². The maximum absolute atomic E-state index is 6.04. The van der Waals surface area contributed by atoms with Gasteiger partial charge >= 0.3 is 0 Å². The largest absolute Gasteiger partial charge is 0.466 e. The average Bonchev–Trinajstić information content (AvgIpc) is 2.22. The first-order chi connectivity index (χ1) is 7.69. The minimum absolute atomic E-state index is 0.176. The van der Waals surface area contributed by atoms with Crippen LogP contribution >= 0.6 is 23.2 Å². The number of hydrogen-bond acceptors (Lipinski definition) is 3. The van der Waals surface area contributed by atoms with Crippen molar-refractivity contribution in [2.24, 2.45) is 5.73 Å². The molecule has 0 spiro atoms. The van der Waals surface area contributed by atoms with Crippen LogP contribution in [-0.2, 0) is 11.2 Å². The van der Waals surface area contributed by atoms with E-state index in [-0.39, 0.29) is 6.79 Å². The van der Waals surface area contributed by atoms with Crippen LogP contribution in [0.2, 0.25) is 10.0 Å². The van der Waals surface area contributed by atoms with Crippen molar-refractivity contribution in [2.75, 3.05) is 19.9 Å². The lowest BCUT2D eigenvalue weighted by atomic mass is 10.1. The van der Waals surface area contributed by atoms with Gasteiger partial charge in [-0.3, -0.25) is 0 Å². The summed E-state index contributed by atoms with van der Waals surface area (Å²) in [6.45, 7) is 3.18. The summed E-state index contributed by atoms with van der Waals surface area (Å²) in [6.07, 6.45) is 0.668. The molecule has 16 heavy (non-hydrogen) atoms. The van der Waals surface area contributed by atoms with E-state index in [1.54, 1.807) is 6.07 Å². The molecule has 1 aromatic carbocycles. The molecule has 0 bridgehead atoms. The minimum Gasteiger partial charge on any atom is -0.466 e. The quantitative estimate of drug-likeness (QED) is 0.634. The predicted molar refractivity (Wildman–Crippen MR) is 66.3 cm³/mol. The molecule has 0 aliphatic heterocycles. The maximum Gasteiger partial charge on any atom is 0.189 e. The first-order valence-corrected chi connectivity index (χ1v) is 5.83. The number of halogens is 2. The number of hydrogen-bond donors (Lipinski definition) is 1. The highest BCUT2D eigenvalue weighted by Crippen LogP contribution is 2.32. The summed E-state index contributed by atoms with van der Waals surface area (Å²) >= 11 is 12.0. The first kappa shape index (κ1) is 13.6. The molecule has 0 heterocycles. The molecule has 0 saturated carbocycles. The first-order valence-electron chi connectivity index (χ1n) is 5.07. The van der Waals surface area contributed by atoms with Crippen LogP contribution < -0.4 is 10.5 Å². The van der Waals surface area contributed by atoms with Crippen molar-refractivity contribution in [3.63, 3.8) is 0 Å². The Balaban J connectivity index is 2.85. The van der Waals surface area contributed by atoms with Crippen LogP contribution in [0, 0.1) is 0 Å². The van der Waals surface area contributed by atoms with E-state index >= 15 is 0 Å². The van der Waals surface area contributed by atoms with Crippen LogP contribution in [0.4, 0.5) is 0 Å². The molecule has 0 radical (unpaired) electrons. The van der Waals surface area contributed by atoms with E-state index in [0.29, 0.717) is 35.4 Å². The SMILES string of the molecule is CCOCOc1c(Cl)cc(Cl)cc1CCN. The molecule has 1 rings (SSSR count). The van der Waals surface area contributed by atoms with Gasteiger partial charge in [-0.25, -0.2) is 0 Å². The Labute approximate surface area is 105 Å². The van der Waals surface area contributed by atoms with E-state index in [2.05, 4.69) is 0 Å². The summed E-state index contributed by atoms with van der Waals surface area (Å²) in [5.41, 5.74) is 6.41. The maximum atomic E-state index is 6.04. The van der Waals surface area contributed by atoms with E-state index in [0.717, 1.165) is 5.56 Å². The van der Waals surface area contributed by atoms with Crippen molar-refractivity contribution in [1.29, 1.82) is 0 Å². The van der Waals surface area contributed by atoms with Crippen molar-refractivity contribution in [3.05, 3.63) is 27.7 Å². The van der Waals surface area contributed by atoms with Gasteiger partial charge in [0.25, 0.3) is 0 Å². The summed E-state index contributed by atoms with van der Waals surface area (Å²) in [7, 11) is 0. The Bertz CT molecular complexity index is 345. The van der Waals surface area contributed by atoms with E-state index in [9.17, 15) is 0 Å². The van der Waals surface area contributed by atoms with Gasteiger partial charge in [-0.1, -0.05) is 23.2 Å². The third-order valence-electron chi connectivity index (χ3n) is 1.99. The molecule has 5 heteroatoms. The highest BCUT2D eigenvalue weighted by Gasteiger charge is 2.10. The standard InChI is InChI=1S/C11H15Cl2NO2/c1-2-15-7-16-11-8(3-4-14)5-9(12)6-10(11)13/h5-6H,2-4,7,14H2,1H3. The highest BCUT2D eigenvalue weighted by atomic mass is 35.5. The molecule has 3 nitrogen and oxygen atoms in total. The second-order valence-corrected chi connectivity index (χ2v) is 4.01. The fourth-order valence-corrected chi connectivity index (χ4v) is 1.89. The zero-order valence-corrected chi connectivity index (χ0v) is 10.6. The lowest BCUT2D eigenvalue weighted by molar-refractivity contribution is 0.0219. The summed E-state index contributed by atoms with van der Waals surface area (Å²) in [5.74, 6) is 0.602. The van der Waals surface area contributed by atoms with Crippen molar-refractivity contribution < 1.29 is 9.47 Å². The van der Waals surface area contributed by atoms with E-state index in [1.165, 1.54) is 0 Å². The molecule has 0 saturated heterocycles. The monoisotopic (exact) mass is 263 g/mol. The predicted octanol–water partition coefficient (Wildman–Crippen LogP) is 2.87. The van der Waals surface area contributed by atoms with Gasteiger partial charge in [0.2, 0.25) is 0 Å². The van der Waals surface area contributed by atoms with E-state index < -0.39 is 0 Å². The van der Waals surface area contributed by atoms with Crippen molar-refractivity contribution in [2.45, 2.75) is 13.3 Å². The van der Waals surface area contributed by atoms with Crippen molar-refractivity contribution in [1.82, 2.24) is 0 Å². The Morgan fingerprint density at radius 2 is 2.06 bits per heavy atom. The van der Waals surface area contributed by atoms with E-state index in [1.807, 2.05) is 13.0 Å². The fourth-order valence-electron chi connectivity index (χ4n) is 1.30. The normalized spacial score (nSPS) is 10.5. The summed E-state index contributed by atoms with van der Waals surface area (Å²) < 4.78 is 10.6. The third-order valence-corrected chi connectivity index (χ3v) is 2.49. The minimum atomic E-state index is 0.176. The molecular weight excluding hydrogens is 249 g/mol. The molecule has 0 aliphatic carbocycles. The number of ether oxygens (including phenoxy) is 2. The topological polar surface area (TPSA) is 44.5 Å². The summed E-state index contributed by atoms with van der Waals surface area (Å²) in [6, 6.07) is 3.45. The molecule has 0 aliphatic rings. The van der Waals surface area contributed by atoms with Crippen LogP contribution in [0.15, 0.2) is 12.1 Å². The molecule has 0 aromatic heterocycles. The molecule has 1 aromatic rings. The molecule has 0 unspecified atom stereocenters. The van der Waals surface area contributed by atoms with Gasteiger partial charge in [-0.15, -0.1) is 0 Å². The zero-order valence-electron chi connectivity index (χ0n) is 9.13. The fraction of sp³-hybridized carbons (Fsp3) is 0.455. The van der Waals surface area contributed by atoms with Gasteiger partial charge in [0.05, 0.1) is 5.02 Å². The van der Waals surface area contributed by atoms with Gasteiger partial charge in [-0.05, 0) is 37.6 Å². The molecule has 0 atom stereocenters. The van der Waals surface area contributed by atoms with Crippen LogP contribution in [0.25, 0.3) is 0 Å². The Hall–Kier alpha value is -0.480. The van der Waals surface area contributed by atoms with E-state index in [4.69, 9.17) is 38.4 Å². The van der Waals surface area contributed by atoms with Crippen LogP contribution in [-0.4, -0.2) is 19.9 Å². The van der Waals surface area contributed by atoms with Crippen LogP contribution in [0.3, 0.4) is 0 Å². The average molecular weight is 264 g/mol. The number of benzene rings is 1. The van der Waals surface area contributed by atoms with Crippen molar-refractivity contribution >= 4 is 23.2 Å². The van der Waals surface area contributed by atoms with Crippen molar-refractivity contribution in [3.8, 4) is 5.75 Å². The molecule has 0 fully saturated rings. The third kappa shape index (κ3) is 3.83. The molecule has 0 amide bonds. The molecule has 90 valence electrons. The number of rotatable bonds is 6. The Morgan fingerprint density at radius 3 is 2.69 bits per heavy atom. The second-order valence-electron chi connectivity index (χ2n) is 3.17. The van der Waals surface area contributed by atoms with Gasteiger partial charge in [-0.2, -0.15) is 0 Å². The van der Waals surface area contributed by atoms with Crippen LogP contribution in [0.1, 0.15) is 12.5 Å². The summed E-state index contributed by atoms with van der Waals surface area (Å²) in [4.78, 5) is 0. The Kier molecular flexibility index (Phi) is 5.91. The van der Waals surface area contributed by atoms with Gasteiger partial charge in [0.1, 0.15) is 5.75 Å². The van der Waals surface area contributed by atoms with Gasteiger partial charge in [0.15, 0.2) is 6.79 Å². The van der Waals surface area contributed by atoms with Crippen LogP contribution in [0.5, 0.6) is 5.75 Å². The lowest BCUT2D eigenvalue weighted by Gasteiger charge is -2.13. The second kappa shape index (κ2) is 6.97. The molecule has 2 N–H and O–H groups in total. The lowest BCUT2D eigenvalue weighted by Crippen LogP contribution is -2.08. The highest BCUT2D eigenvalue weighted by molar-refractivity contribution is 6.35. The number of nitrogens with two attached hydrogens (primary N) is 1. The summed E-state index contributed by atoms with van der Waals surface area (Å²) in [5, 5.41) is 1.06. The Morgan fingerprint density at radius 1 is 1.31 bits per heavy atom. The smallest absolute Gasteiger partial charge is 0.189 e.